The number of halogens is 1. The van der Waals surface area contributed by atoms with Crippen molar-refractivity contribution >= 4 is 50.3 Å². The van der Waals surface area contributed by atoms with Crippen LogP contribution in [0.3, 0.4) is 0 Å². The Bertz CT molecular complexity index is 883. The van der Waals surface area contributed by atoms with Crippen molar-refractivity contribution in [3.8, 4) is 11.5 Å². The fourth-order valence-electron chi connectivity index (χ4n) is 3.84. The monoisotopic (exact) mass is 528 g/mol. The second kappa shape index (κ2) is 9.17. The van der Waals surface area contributed by atoms with Crippen LogP contribution in [0.5, 0.6) is 0 Å². The van der Waals surface area contributed by atoms with E-state index in [0.29, 0.717) is 0 Å². The molecule has 0 unspecified atom stereocenters. The molecule has 3 aromatic rings. The Morgan fingerprint density at radius 1 is 0.690 bits per heavy atom. The van der Waals surface area contributed by atoms with Crippen molar-refractivity contribution in [2.75, 3.05) is 6.16 Å². The van der Waals surface area contributed by atoms with Crippen molar-refractivity contribution in [3.63, 3.8) is 0 Å². The molecular weight excluding hydrogens is 498 g/mol. The Kier molecular flexibility index (Phi) is 7.05. The molecule has 0 fully saturated rings. The Balaban J connectivity index is 2.15. The summed E-state index contributed by atoms with van der Waals surface area (Å²) < 4.78 is -2.62. The normalized spacial score (nSPS) is 13.0. The van der Waals surface area contributed by atoms with Crippen LogP contribution in [-0.4, -0.2) is 14.2 Å². The molecule has 3 heteroatoms. The van der Waals surface area contributed by atoms with Crippen LogP contribution in [0, 0.1) is 11.5 Å². The predicted molar refractivity (Wildman–Crippen MR) is 144 cm³/mol. The van der Waals surface area contributed by atoms with Crippen molar-refractivity contribution in [3.05, 3.63) is 91.0 Å². The van der Waals surface area contributed by atoms with E-state index in [1.54, 1.807) is 0 Å². The molecule has 0 saturated carbocycles. The van der Waals surface area contributed by atoms with Gasteiger partial charge in [0.2, 0.25) is 0 Å². The summed E-state index contributed by atoms with van der Waals surface area (Å²) in [6.07, 6.45) is 3.21. The van der Waals surface area contributed by atoms with Gasteiger partial charge in [-0.2, -0.15) is 0 Å². The number of benzene rings is 3. The number of hydrogen-bond acceptors (Lipinski definition) is 0. The molecule has 0 radical (unpaired) electrons. The average Bonchev–Trinajstić information content (AvgIpc) is 2.74. The van der Waals surface area contributed by atoms with Gasteiger partial charge in [-0.05, 0) is 0 Å². The molecule has 0 N–H and O–H groups in total. The van der Waals surface area contributed by atoms with Crippen LogP contribution in [0.4, 0.5) is 0 Å². The number of rotatable bonds is 6. The molecule has 0 aliphatic heterocycles. The van der Waals surface area contributed by atoms with Gasteiger partial charge in [0, 0.05) is 0 Å². The van der Waals surface area contributed by atoms with Crippen molar-refractivity contribution in [2.45, 2.75) is 32.5 Å². The number of unbranched alkanes of at least 4 members (excludes halogenated alkanes) is 1. The molecule has 0 nitrogen and oxygen atoms in total. The molecule has 0 bridgehead atoms. The van der Waals surface area contributed by atoms with E-state index in [2.05, 4.69) is 144 Å². The summed E-state index contributed by atoms with van der Waals surface area (Å²) >= 11 is 2.86. The van der Waals surface area contributed by atoms with Gasteiger partial charge < -0.3 is 0 Å². The third-order valence-electron chi connectivity index (χ3n) is 5.23. The summed E-state index contributed by atoms with van der Waals surface area (Å²) in [5.41, 5.74) is 3.54. The summed E-state index contributed by atoms with van der Waals surface area (Å²) in [7, 11) is -1.32. The van der Waals surface area contributed by atoms with Gasteiger partial charge in [0.25, 0.3) is 0 Å². The maximum absolute atomic E-state index is 3.54. The summed E-state index contributed by atoms with van der Waals surface area (Å²) in [6.45, 7) is 6.95. The zero-order valence-electron chi connectivity index (χ0n) is 17.6. The molecule has 0 saturated heterocycles. The van der Waals surface area contributed by atoms with E-state index in [9.17, 15) is 0 Å². The first-order valence-corrected chi connectivity index (χ1v) is 18.9. The Labute approximate surface area is 190 Å². The first-order chi connectivity index (χ1) is 13.8. The first-order valence-electron chi connectivity index (χ1n) is 10.2. The van der Waals surface area contributed by atoms with Gasteiger partial charge in [-0.25, -0.2) is 0 Å². The molecule has 0 aromatic heterocycles. The van der Waals surface area contributed by atoms with E-state index in [1.807, 2.05) is 0 Å². The Morgan fingerprint density at radius 3 is 1.41 bits per heavy atom. The molecule has 0 aliphatic rings. The summed E-state index contributed by atoms with van der Waals surface area (Å²) in [5, 5.41) is 4.36. The quantitative estimate of drug-likeness (QED) is 0.112. The van der Waals surface area contributed by atoms with Crippen LogP contribution >= 0.6 is 26.3 Å². The van der Waals surface area contributed by atoms with Crippen molar-refractivity contribution in [1.29, 1.82) is 0 Å². The summed E-state index contributed by atoms with van der Waals surface area (Å²) in [5.74, 6) is 3.50. The molecule has 150 valence electrons. The van der Waals surface area contributed by atoms with Gasteiger partial charge in [0.05, 0.1) is 0 Å². The molecule has 0 heterocycles. The SMILES string of the molecule is C[Si](C)(C)C#CCCCP(I)(c1ccccc1)(c1ccccc1)c1ccccc1. The molecular formula is C26H30IPSi. The second-order valence-electron chi connectivity index (χ2n) is 8.57. The van der Waals surface area contributed by atoms with Gasteiger partial charge in [-0.1, -0.05) is 0 Å². The van der Waals surface area contributed by atoms with Gasteiger partial charge in [0.1, 0.15) is 0 Å². The van der Waals surface area contributed by atoms with Crippen LogP contribution in [0.1, 0.15) is 12.8 Å². The topological polar surface area (TPSA) is 0 Å². The molecule has 0 amide bonds. The minimum absolute atomic E-state index is 0.970. The average molecular weight is 528 g/mol. The summed E-state index contributed by atoms with van der Waals surface area (Å²) in [4.78, 5) is 0. The predicted octanol–water partition coefficient (Wildman–Crippen LogP) is 6.53. The van der Waals surface area contributed by atoms with Crippen molar-refractivity contribution in [1.82, 2.24) is 0 Å². The fraction of sp³-hybridized carbons (Fsp3) is 0.231. The third kappa shape index (κ3) is 4.85. The fourth-order valence-corrected chi connectivity index (χ4v) is 13.2. The molecule has 0 aliphatic carbocycles. The van der Waals surface area contributed by atoms with E-state index in [-0.39, 0.29) is 0 Å². The molecule has 0 atom stereocenters. The van der Waals surface area contributed by atoms with E-state index >= 15 is 0 Å². The van der Waals surface area contributed by atoms with E-state index in [1.165, 1.54) is 15.9 Å². The standard InChI is InChI=1S/C26H30IPSi/c1-29(2,3)23-15-7-14-22-28(27,24-16-8-4-9-17-24,25-18-10-5-11-19-25)26-20-12-6-13-21-26/h4-6,8-13,16-21H,7,14,22H2,1-3H3. The molecule has 3 aromatic carbocycles. The van der Waals surface area contributed by atoms with Gasteiger partial charge in [-0.3, -0.25) is 0 Å². The van der Waals surface area contributed by atoms with Crippen molar-refractivity contribution < 1.29 is 0 Å². The van der Waals surface area contributed by atoms with Crippen LogP contribution < -0.4 is 15.9 Å². The van der Waals surface area contributed by atoms with Crippen LogP contribution in [-0.2, 0) is 0 Å². The first kappa shape index (κ1) is 22.3. The zero-order chi connectivity index (χ0) is 20.8. The number of hydrogen-bond donors (Lipinski definition) is 0. The van der Waals surface area contributed by atoms with Gasteiger partial charge in [-0.15, -0.1) is 0 Å². The van der Waals surface area contributed by atoms with Crippen LogP contribution in [0.2, 0.25) is 19.6 Å². The molecule has 3 rings (SSSR count). The summed E-state index contributed by atoms with van der Waals surface area (Å²) in [6, 6.07) is 33.5. The van der Waals surface area contributed by atoms with Crippen molar-refractivity contribution in [2.24, 2.45) is 0 Å². The van der Waals surface area contributed by atoms with Gasteiger partial charge >= 0.3 is 191 Å². The third-order valence-corrected chi connectivity index (χ3v) is 17.9. The van der Waals surface area contributed by atoms with Gasteiger partial charge in [0.15, 0.2) is 0 Å². The van der Waals surface area contributed by atoms with E-state index in [4.69, 9.17) is 0 Å². The Hall–Kier alpha value is -1.40. The maximum atomic E-state index is 3.54. The molecule has 29 heavy (non-hydrogen) atoms. The Morgan fingerprint density at radius 2 is 1.07 bits per heavy atom. The second-order valence-corrected chi connectivity index (χ2v) is 24.1. The zero-order valence-corrected chi connectivity index (χ0v) is 21.7. The minimum atomic E-state index is -2.62. The molecule has 0 spiro atoms. The van der Waals surface area contributed by atoms with E-state index in [0.717, 1.165) is 19.0 Å². The van der Waals surface area contributed by atoms with Crippen LogP contribution in [0.15, 0.2) is 91.0 Å². The van der Waals surface area contributed by atoms with Crippen LogP contribution in [0.25, 0.3) is 0 Å². The van der Waals surface area contributed by atoms with E-state index < -0.39 is 12.3 Å².